The number of aromatic amines is 2. The normalized spacial score (nSPS) is 22.7. The van der Waals surface area contributed by atoms with E-state index < -0.39 is 11.2 Å². The van der Waals surface area contributed by atoms with E-state index in [1.54, 1.807) is 0 Å². The van der Waals surface area contributed by atoms with Gasteiger partial charge < -0.3 is 9.72 Å². The summed E-state index contributed by atoms with van der Waals surface area (Å²) in [5.74, 6) is 0.873. The first-order valence-electron chi connectivity index (χ1n) is 6.96. The second kappa shape index (κ2) is 4.90. The van der Waals surface area contributed by atoms with Gasteiger partial charge in [0.2, 0.25) is 0 Å². The summed E-state index contributed by atoms with van der Waals surface area (Å²) in [6, 6.07) is 0. The minimum absolute atomic E-state index is 0.0704. The molecule has 2 unspecified atom stereocenters. The molecule has 2 N–H and O–H groups in total. The minimum Gasteiger partial charge on any atom is -0.378 e. The summed E-state index contributed by atoms with van der Waals surface area (Å²) in [6.07, 6.45) is 1.74. The van der Waals surface area contributed by atoms with Gasteiger partial charge in [0.25, 0.3) is 5.56 Å². The zero-order chi connectivity index (χ0) is 14.3. The van der Waals surface area contributed by atoms with Crippen LogP contribution in [0.1, 0.15) is 38.4 Å². The van der Waals surface area contributed by atoms with E-state index in [0.717, 1.165) is 18.7 Å². The fraction of sp³-hybridized carbons (Fsp3) is 0.615. The van der Waals surface area contributed by atoms with Crippen LogP contribution in [0.15, 0.2) is 9.59 Å². The van der Waals surface area contributed by atoms with Gasteiger partial charge in [-0.3, -0.25) is 14.3 Å². The summed E-state index contributed by atoms with van der Waals surface area (Å²) < 4.78 is 7.04. The van der Waals surface area contributed by atoms with E-state index in [-0.39, 0.29) is 12.0 Å². The van der Waals surface area contributed by atoms with Crippen LogP contribution in [0.5, 0.6) is 0 Å². The predicted octanol–water partition coefficient (Wildman–Crippen LogP) is 0.715. The number of aryl methyl sites for hydroxylation is 1. The summed E-state index contributed by atoms with van der Waals surface area (Å²) in [5.41, 5.74) is -0.0114. The number of hydrogen-bond acceptors (Lipinski definition) is 4. The number of hydrogen-bond donors (Lipinski definition) is 2. The number of fused-ring (bicyclic) bond motifs is 1. The zero-order valence-electron chi connectivity index (χ0n) is 11.6. The first-order valence-corrected chi connectivity index (χ1v) is 6.96. The molecule has 1 aliphatic rings. The van der Waals surface area contributed by atoms with Crippen molar-refractivity contribution in [1.82, 2.24) is 19.5 Å². The van der Waals surface area contributed by atoms with Crippen LogP contribution in [0.2, 0.25) is 0 Å². The Kier molecular flexibility index (Phi) is 3.21. The first-order chi connectivity index (χ1) is 9.61. The molecular weight excluding hydrogens is 260 g/mol. The van der Waals surface area contributed by atoms with Crippen molar-refractivity contribution in [3.05, 3.63) is 26.7 Å². The van der Waals surface area contributed by atoms with Gasteiger partial charge in [-0.15, -0.1) is 0 Å². The van der Waals surface area contributed by atoms with Crippen molar-refractivity contribution in [3.8, 4) is 0 Å². The molecule has 0 radical (unpaired) electrons. The lowest BCUT2D eigenvalue weighted by molar-refractivity contribution is 0.117. The van der Waals surface area contributed by atoms with Crippen LogP contribution in [0.25, 0.3) is 11.2 Å². The summed E-state index contributed by atoms with van der Waals surface area (Å²) >= 11 is 0. The molecule has 108 valence electrons. The average Bonchev–Trinajstić information content (AvgIpc) is 3.00. The van der Waals surface area contributed by atoms with Crippen LogP contribution < -0.4 is 11.2 Å². The van der Waals surface area contributed by atoms with E-state index in [1.807, 2.05) is 13.8 Å². The molecule has 2 atom stereocenters. The Labute approximate surface area is 115 Å². The molecule has 20 heavy (non-hydrogen) atoms. The fourth-order valence-corrected chi connectivity index (χ4v) is 2.76. The van der Waals surface area contributed by atoms with Crippen LogP contribution in [-0.2, 0) is 11.3 Å². The predicted molar refractivity (Wildman–Crippen MR) is 74.0 cm³/mol. The molecule has 7 nitrogen and oxygen atoms in total. The van der Waals surface area contributed by atoms with Gasteiger partial charge in [0.05, 0.1) is 6.10 Å². The van der Waals surface area contributed by atoms with E-state index in [9.17, 15) is 9.59 Å². The minimum atomic E-state index is -0.414. The van der Waals surface area contributed by atoms with Crippen LogP contribution in [-0.4, -0.2) is 32.2 Å². The van der Waals surface area contributed by atoms with Gasteiger partial charge in [-0.05, 0) is 19.8 Å². The molecule has 1 saturated heterocycles. The maximum atomic E-state index is 11.9. The highest BCUT2D eigenvalue weighted by atomic mass is 16.5. The Morgan fingerprint density at radius 3 is 2.85 bits per heavy atom. The lowest BCUT2D eigenvalue weighted by Crippen LogP contribution is -2.30. The van der Waals surface area contributed by atoms with Gasteiger partial charge >= 0.3 is 5.69 Å². The topological polar surface area (TPSA) is 92.8 Å². The molecule has 1 fully saturated rings. The fourth-order valence-electron chi connectivity index (χ4n) is 2.76. The van der Waals surface area contributed by atoms with Crippen LogP contribution >= 0.6 is 0 Å². The second-order valence-corrected chi connectivity index (χ2v) is 5.20. The van der Waals surface area contributed by atoms with Crippen molar-refractivity contribution in [2.45, 2.75) is 45.3 Å². The Morgan fingerprint density at radius 1 is 1.40 bits per heavy atom. The number of H-pyrrole nitrogens is 2. The van der Waals surface area contributed by atoms with Crippen LogP contribution in [0, 0.1) is 0 Å². The molecule has 3 heterocycles. The molecule has 1 aliphatic heterocycles. The van der Waals surface area contributed by atoms with Gasteiger partial charge in [0.1, 0.15) is 11.3 Å². The monoisotopic (exact) mass is 278 g/mol. The molecule has 0 amide bonds. The summed E-state index contributed by atoms with van der Waals surface area (Å²) in [7, 11) is 0. The van der Waals surface area contributed by atoms with Crippen molar-refractivity contribution in [2.24, 2.45) is 0 Å². The second-order valence-electron chi connectivity index (χ2n) is 5.20. The van der Waals surface area contributed by atoms with Gasteiger partial charge in [-0.2, -0.15) is 0 Å². The Balaban J connectivity index is 2.19. The van der Waals surface area contributed by atoms with Gasteiger partial charge in [-0.25, -0.2) is 9.78 Å². The molecular formula is C13H18N4O3. The van der Waals surface area contributed by atoms with E-state index in [4.69, 9.17) is 4.74 Å². The third-order valence-corrected chi connectivity index (χ3v) is 3.83. The van der Waals surface area contributed by atoms with Crippen molar-refractivity contribution in [2.75, 3.05) is 6.61 Å². The molecule has 2 aromatic heterocycles. The Morgan fingerprint density at radius 2 is 2.20 bits per heavy atom. The van der Waals surface area contributed by atoms with Gasteiger partial charge in [0.15, 0.2) is 5.65 Å². The van der Waals surface area contributed by atoms with Crippen LogP contribution in [0.3, 0.4) is 0 Å². The zero-order valence-corrected chi connectivity index (χ0v) is 11.6. The van der Waals surface area contributed by atoms with Gasteiger partial charge in [-0.1, -0.05) is 6.92 Å². The number of imidazole rings is 1. The van der Waals surface area contributed by atoms with Crippen molar-refractivity contribution in [3.63, 3.8) is 0 Å². The number of aromatic nitrogens is 4. The van der Waals surface area contributed by atoms with E-state index >= 15 is 0 Å². The molecule has 0 aromatic carbocycles. The molecule has 0 spiro atoms. The van der Waals surface area contributed by atoms with E-state index in [2.05, 4.69) is 15.0 Å². The molecule has 2 aromatic rings. The summed E-state index contributed by atoms with van der Waals surface area (Å²) in [5, 5.41) is 0. The quantitative estimate of drug-likeness (QED) is 0.865. The van der Waals surface area contributed by atoms with Crippen molar-refractivity contribution >= 4 is 11.2 Å². The molecule has 3 rings (SSSR count). The third kappa shape index (κ3) is 1.98. The Hall–Kier alpha value is -1.89. The summed E-state index contributed by atoms with van der Waals surface area (Å²) in [4.78, 5) is 33.7. The molecule has 7 heteroatoms. The molecule has 0 bridgehead atoms. The molecule has 0 aliphatic carbocycles. The van der Waals surface area contributed by atoms with E-state index in [0.29, 0.717) is 24.3 Å². The highest BCUT2D eigenvalue weighted by Gasteiger charge is 2.29. The van der Waals surface area contributed by atoms with E-state index in [1.165, 1.54) is 4.57 Å². The maximum absolute atomic E-state index is 11.9. The highest BCUT2D eigenvalue weighted by Crippen LogP contribution is 2.29. The highest BCUT2D eigenvalue weighted by molar-refractivity contribution is 5.69. The lowest BCUT2D eigenvalue weighted by Gasteiger charge is -2.09. The number of nitrogens with one attached hydrogen (secondary N) is 2. The largest absolute Gasteiger partial charge is 0.378 e. The Bertz CT molecular complexity index is 742. The standard InChI is InChI=1S/C13H18N4O3/c1-3-5-17-11-9(12(18)16-13(17)19)14-10(15-11)8-4-6-20-7(8)2/h7-8H,3-6H2,1-2H3,(H,14,15)(H,16,18,19). The number of nitrogens with zero attached hydrogens (tertiary/aromatic N) is 2. The molecule has 0 saturated carbocycles. The van der Waals surface area contributed by atoms with Gasteiger partial charge in [0, 0.05) is 19.1 Å². The smallest absolute Gasteiger partial charge is 0.330 e. The lowest BCUT2D eigenvalue weighted by atomic mass is 10.0. The third-order valence-electron chi connectivity index (χ3n) is 3.83. The van der Waals surface area contributed by atoms with Crippen molar-refractivity contribution < 1.29 is 4.74 Å². The summed E-state index contributed by atoms with van der Waals surface area (Å²) in [6.45, 7) is 5.20. The first kappa shape index (κ1) is 13.1. The average molecular weight is 278 g/mol. The van der Waals surface area contributed by atoms with Crippen LogP contribution in [0.4, 0.5) is 0 Å². The SMILES string of the molecule is CCCn1c(=O)[nH]c(=O)c2[nH]c(C3CCOC3C)nc21. The number of ether oxygens (including phenoxy) is 1. The number of rotatable bonds is 3. The maximum Gasteiger partial charge on any atom is 0.330 e. The van der Waals surface area contributed by atoms with Crippen molar-refractivity contribution in [1.29, 1.82) is 0 Å².